The van der Waals surface area contributed by atoms with Gasteiger partial charge in [0, 0.05) is 29.6 Å². The van der Waals surface area contributed by atoms with Gasteiger partial charge >= 0.3 is 0 Å². The molecule has 0 bridgehead atoms. The van der Waals surface area contributed by atoms with Crippen LogP contribution in [0.5, 0.6) is 5.75 Å². The second kappa shape index (κ2) is 16.0. The van der Waals surface area contributed by atoms with Gasteiger partial charge in [-0.15, -0.1) is 0 Å². The summed E-state index contributed by atoms with van der Waals surface area (Å²) in [5, 5.41) is 3.69. The Morgan fingerprint density at radius 1 is 0.870 bits per heavy atom. The van der Waals surface area contributed by atoms with Crippen molar-refractivity contribution in [3.05, 3.63) is 124 Å². The normalized spacial score (nSPS) is 12.0. The molecule has 0 aromatic heterocycles. The monoisotopic (exact) mass is 681 g/mol. The molecule has 0 aliphatic carbocycles. The molecule has 0 saturated heterocycles. The number of rotatable bonds is 14. The van der Waals surface area contributed by atoms with Gasteiger partial charge in [0.15, 0.2) is 0 Å². The van der Waals surface area contributed by atoms with Crippen LogP contribution in [0.3, 0.4) is 0 Å². The van der Waals surface area contributed by atoms with Gasteiger partial charge in [0.2, 0.25) is 11.8 Å². The summed E-state index contributed by atoms with van der Waals surface area (Å²) in [5.74, 6) is -0.561. The maximum atomic E-state index is 14.6. The standard InChI is InChI=1S/C35H37Cl2N3O5S/c1-25(2)22-38-35(42)32(20-26-12-6-4-7-13-26)39(23-27-18-19-28(36)21-30(27)37)34(41)24-40(31-16-10-11-17-33(31)45-3)46(43,44)29-14-8-5-9-15-29/h4-19,21,25,32H,20,22-24H2,1-3H3,(H,38,42)/t32-/m1/s1. The van der Waals surface area contributed by atoms with Crippen LogP contribution in [0.1, 0.15) is 25.0 Å². The molecule has 0 spiro atoms. The van der Waals surface area contributed by atoms with Crippen molar-refractivity contribution in [1.82, 2.24) is 10.2 Å². The van der Waals surface area contributed by atoms with Crippen molar-refractivity contribution in [3.63, 3.8) is 0 Å². The molecular formula is C35H37Cl2N3O5S. The highest BCUT2D eigenvalue weighted by molar-refractivity contribution is 7.92. The number of hydrogen-bond acceptors (Lipinski definition) is 5. The van der Waals surface area contributed by atoms with E-state index in [2.05, 4.69) is 5.32 Å². The molecule has 0 unspecified atom stereocenters. The van der Waals surface area contributed by atoms with Gasteiger partial charge in [-0.25, -0.2) is 8.42 Å². The minimum Gasteiger partial charge on any atom is -0.495 e. The van der Waals surface area contributed by atoms with Crippen LogP contribution in [0.4, 0.5) is 5.69 Å². The van der Waals surface area contributed by atoms with Crippen molar-refractivity contribution >= 4 is 50.7 Å². The van der Waals surface area contributed by atoms with E-state index >= 15 is 0 Å². The lowest BCUT2D eigenvalue weighted by Crippen LogP contribution is -2.53. The number of nitrogens with zero attached hydrogens (tertiary/aromatic N) is 2. The lowest BCUT2D eigenvalue weighted by atomic mass is 10.0. The molecule has 0 radical (unpaired) electrons. The molecule has 0 fully saturated rings. The first kappa shape index (κ1) is 34.8. The molecule has 242 valence electrons. The van der Waals surface area contributed by atoms with E-state index in [1.54, 1.807) is 60.7 Å². The van der Waals surface area contributed by atoms with Crippen LogP contribution in [-0.4, -0.2) is 51.4 Å². The highest BCUT2D eigenvalue weighted by Gasteiger charge is 2.35. The van der Waals surface area contributed by atoms with Gasteiger partial charge in [-0.3, -0.25) is 13.9 Å². The van der Waals surface area contributed by atoms with E-state index in [0.717, 1.165) is 9.87 Å². The fourth-order valence-electron chi connectivity index (χ4n) is 4.88. The molecule has 1 atom stereocenters. The highest BCUT2D eigenvalue weighted by Crippen LogP contribution is 2.33. The third-order valence-corrected chi connectivity index (χ3v) is 9.64. The largest absolute Gasteiger partial charge is 0.495 e. The van der Waals surface area contributed by atoms with Gasteiger partial charge < -0.3 is 15.0 Å². The molecule has 46 heavy (non-hydrogen) atoms. The maximum absolute atomic E-state index is 14.6. The Bertz CT molecular complexity index is 1740. The van der Waals surface area contributed by atoms with Crippen LogP contribution < -0.4 is 14.4 Å². The van der Waals surface area contributed by atoms with Crippen molar-refractivity contribution in [2.75, 3.05) is 24.5 Å². The molecule has 0 heterocycles. The molecule has 11 heteroatoms. The molecule has 4 rings (SSSR count). The van der Waals surface area contributed by atoms with Gasteiger partial charge in [0.05, 0.1) is 17.7 Å². The van der Waals surface area contributed by atoms with E-state index in [9.17, 15) is 18.0 Å². The minimum atomic E-state index is -4.27. The van der Waals surface area contributed by atoms with Crippen molar-refractivity contribution < 1.29 is 22.7 Å². The zero-order valence-electron chi connectivity index (χ0n) is 25.9. The zero-order valence-corrected chi connectivity index (χ0v) is 28.2. The lowest BCUT2D eigenvalue weighted by Gasteiger charge is -2.34. The summed E-state index contributed by atoms with van der Waals surface area (Å²) in [5.41, 5.74) is 1.55. The smallest absolute Gasteiger partial charge is 0.264 e. The number of carbonyl (C=O) groups excluding carboxylic acids is 2. The summed E-state index contributed by atoms with van der Waals surface area (Å²) < 4.78 is 34.9. The quantitative estimate of drug-likeness (QED) is 0.162. The number of hydrogen-bond donors (Lipinski definition) is 1. The summed E-state index contributed by atoms with van der Waals surface area (Å²) >= 11 is 12.7. The second-order valence-corrected chi connectivity index (χ2v) is 13.8. The van der Waals surface area contributed by atoms with Crippen molar-refractivity contribution in [2.45, 2.75) is 37.8 Å². The average molecular weight is 683 g/mol. The van der Waals surface area contributed by atoms with Crippen LogP contribution >= 0.6 is 23.2 Å². The predicted molar refractivity (Wildman–Crippen MR) is 183 cm³/mol. The molecule has 4 aromatic carbocycles. The number of methoxy groups -OCH3 is 1. The number of benzene rings is 4. The first-order chi connectivity index (χ1) is 22.0. The molecule has 4 aromatic rings. The molecule has 8 nitrogen and oxygen atoms in total. The van der Waals surface area contributed by atoms with Gasteiger partial charge in [-0.2, -0.15) is 0 Å². The highest BCUT2D eigenvalue weighted by atomic mass is 35.5. The molecule has 0 aliphatic heterocycles. The van der Waals surface area contributed by atoms with Crippen LogP contribution in [0, 0.1) is 5.92 Å². The fraction of sp³-hybridized carbons (Fsp3) is 0.257. The molecule has 2 amide bonds. The van der Waals surface area contributed by atoms with Crippen molar-refractivity contribution in [1.29, 1.82) is 0 Å². The van der Waals surface area contributed by atoms with E-state index in [-0.39, 0.29) is 41.1 Å². The topological polar surface area (TPSA) is 96.0 Å². The number of carbonyl (C=O) groups is 2. The van der Waals surface area contributed by atoms with Crippen molar-refractivity contribution in [3.8, 4) is 5.75 Å². The Morgan fingerprint density at radius 3 is 2.13 bits per heavy atom. The number of nitrogens with one attached hydrogen (secondary N) is 1. The third kappa shape index (κ3) is 8.81. The molecule has 1 N–H and O–H groups in total. The summed E-state index contributed by atoms with van der Waals surface area (Å²) in [4.78, 5) is 29.9. The SMILES string of the molecule is COc1ccccc1N(CC(=O)N(Cc1ccc(Cl)cc1Cl)[C@H](Cc1ccccc1)C(=O)NCC(C)C)S(=O)(=O)c1ccccc1. The Balaban J connectivity index is 1.84. The Kier molecular flexibility index (Phi) is 12.1. The minimum absolute atomic E-state index is 0.00323. The number of anilines is 1. The van der Waals surface area contributed by atoms with Crippen LogP contribution in [0.15, 0.2) is 108 Å². The van der Waals surface area contributed by atoms with E-state index in [4.69, 9.17) is 27.9 Å². The number of sulfonamides is 1. The summed E-state index contributed by atoms with van der Waals surface area (Å²) in [6.07, 6.45) is 0.182. The van der Waals surface area contributed by atoms with Gasteiger partial charge in [0.25, 0.3) is 10.0 Å². The first-order valence-corrected chi connectivity index (χ1v) is 17.0. The predicted octanol–water partition coefficient (Wildman–Crippen LogP) is 6.61. The van der Waals surface area contributed by atoms with E-state index in [0.29, 0.717) is 22.2 Å². The van der Waals surface area contributed by atoms with Crippen LogP contribution in [0.2, 0.25) is 10.0 Å². The first-order valence-electron chi connectivity index (χ1n) is 14.8. The fourth-order valence-corrected chi connectivity index (χ4v) is 6.79. The number of amides is 2. The Hall–Kier alpha value is -4.05. The maximum Gasteiger partial charge on any atom is 0.264 e. The van der Waals surface area contributed by atoms with Gasteiger partial charge in [-0.1, -0.05) is 104 Å². The molecule has 0 saturated carbocycles. The third-order valence-electron chi connectivity index (χ3n) is 7.28. The molecular weight excluding hydrogens is 645 g/mol. The molecule has 0 aliphatic rings. The van der Waals surface area contributed by atoms with Gasteiger partial charge in [0.1, 0.15) is 18.3 Å². The van der Waals surface area contributed by atoms with E-state index in [1.807, 2.05) is 44.2 Å². The Labute approximate surface area is 280 Å². The zero-order chi connectivity index (χ0) is 33.3. The summed E-state index contributed by atoms with van der Waals surface area (Å²) in [6, 6.07) is 27.7. The summed E-state index contributed by atoms with van der Waals surface area (Å²) in [6.45, 7) is 3.65. The van der Waals surface area contributed by atoms with E-state index < -0.39 is 28.5 Å². The van der Waals surface area contributed by atoms with Gasteiger partial charge in [-0.05, 0) is 53.4 Å². The summed E-state index contributed by atoms with van der Waals surface area (Å²) in [7, 11) is -2.84. The Morgan fingerprint density at radius 2 is 1.50 bits per heavy atom. The average Bonchev–Trinajstić information content (AvgIpc) is 3.05. The lowest BCUT2D eigenvalue weighted by molar-refractivity contribution is -0.140. The number of ether oxygens (including phenoxy) is 1. The van der Waals surface area contributed by atoms with Crippen molar-refractivity contribution in [2.24, 2.45) is 5.92 Å². The number of para-hydroxylation sites is 2. The van der Waals surface area contributed by atoms with E-state index in [1.165, 1.54) is 24.1 Å². The van der Waals surface area contributed by atoms with Crippen LogP contribution in [-0.2, 0) is 32.6 Å². The second-order valence-electron chi connectivity index (χ2n) is 11.1. The number of halogens is 2. The van der Waals surface area contributed by atoms with Crippen LogP contribution in [0.25, 0.3) is 0 Å².